The van der Waals surface area contributed by atoms with Gasteiger partial charge in [0.15, 0.2) is 0 Å². The lowest BCUT2D eigenvalue weighted by Crippen LogP contribution is -1.96. The molecule has 14 heavy (non-hydrogen) atoms. The van der Waals surface area contributed by atoms with E-state index in [4.69, 9.17) is 11.6 Å². The van der Waals surface area contributed by atoms with Gasteiger partial charge in [0.25, 0.3) is 16.1 Å². The molecule has 0 spiro atoms. The molecule has 1 aromatic rings. The summed E-state index contributed by atoms with van der Waals surface area (Å²) in [4.78, 5) is 9.73. The lowest BCUT2D eigenvalue weighted by molar-refractivity contribution is 0.563. The van der Waals surface area contributed by atoms with E-state index >= 15 is 0 Å². The van der Waals surface area contributed by atoms with Gasteiger partial charge in [0.1, 0.15) is 0 Å². The third-order valence-corrected chi connectivity index (χ3v) is 3.17. The summed E-state index contributed by atoms with van der Waals surface area (Å²) in [5, 5.41) is 0.312. The summed E-state index contributed by atoms with van der Waals surface area (Å²) in [5.74, 6) is 0. The molecule has 0 aliphatic heterocycles. The Labute approximate surface area is 86.3 Å². The molecule has 1 aromatic carbocycles. The van der Waals surface area contributed by atoms with E-state index in [9.17, 15) is 13.2 Å². The predicted molar refractivity (Wildman–Crippen MR) is 51.5 cm³/mol. The van der Waals surface area contributed by atoms with E-state index in [0.717, 1.165) is 11.6 Å². The molecular weight excluding hydrogens is 226 g/mol. The molecule has 0 saturated carbocycles. The minimum atomic E-state index is -3.93. The lowest BCUT2D eigenvalue weighted by Gasteiger charge is -1.99. The Morgan fingerprint density at radius 1 is 1.43 bits per heavy atom. The van der Waals surface area contributed by atoms with Crippen molar-refractivity contribution in [2.75, 3.05) is 0 Å². The summed E-state index contributed by atoms with van der Waals surface area (Å²) in [7, 11) is -3.93. The van der Waals surface area contributed by atoms with Crippen molar-refractivity contribution in [2.24, 2.45) is 4.40 Å². The van der Waals surface area contributed by atoms with Crippen LogP contribution in [-0.2, 0) is 14.8 Å². The second-order valence-corrected chi connectivity index (χ2v) is 4.58. The molecular formula is C8H6ClNO3S. The molecule has 0 aromatic heterocycles. The highest BCUT2D eigenvalue weighted by Gasteiger charge is 2.13. The van der Waals surface area contributed by atoms with Crippen molar-refractivity contribution in [1.82, 2.24) is 0 Å². The molecule has 0 atom stereocenters. The monoisotopic (exact) mass is 231 g/mol. The maximum absolute atomic E-state index is 11.2. The summed E-state index contributed by atoms with van der Waals surface area (Å²) >= 11 is 5.72. The number of benzene rings is 1. The fourth-order valence-electron chi connectivity index (χ4n) is 0.836. The molecule has 0 amide bonds. The number of aryl methyl sites for hydroxylation is 1. The van der Waals surface area contributed by atoms with Gasteiger partial charge in [-0.15, -0.1) is 0 Å². The van der Waals surface area contributed by atoms with E-state index in [1.807, 2.05) is 0 Å². The number of rotatable bonds is 2. The van der Waals surface area contributed by atoms with Gasteiger partial charge >= 0.3 is 0 Å². The number of hydrogen-bond acceptors (Lipinski definition) is 3. The SMILES string of the molecule is Cc1ccc(S(=O)(=O)N=C=O)cc1Cl. The van der Waals surface area contributed by atoms with Crippen LogP contribution in [0.5, 0.6) is 0 Å². The topological polar surface area (TPSA) is 63.6 Å². The molecule has 0 aliphatic rings. The van der Waals surface area contributed by atoms with E-state index in [2.05, 4.69) is 4.40 Å². The highest BCUT2D eigenvalue weighted by atomic mass is 35.5. The minimum absolute atomic E-state index is 0.114. The minimum Gasteiger partial charge on any atom is -0.210 e. The second kappa shape index (κ2) is 3.92. The first-order valence-corrected chi connectivity index (χ1v) is 5.39. The maximum atomic E-state index is 11.2. The van der Waals surface area contributed by atoms with E-state index in [0.29, 0.717) is 5.02 Å². The van der Waals surface area contributed by atoms with Crippen LogP contribution in [0, 0.1) is 6.92 Å². The molecule has 0 heterocycles. The molecule has 0 aliphatic carbocycles. The lowest BCUT2D eigenvalue weighted by atomic mass is 10.2. The van der Waals surface area contributed by atoms with Crippen LogP contribution >= 0.6 is 11.6 Å². The smallest absolute Gasteiger partial charge is 0.210 e. The van der Waals surface area contributed by atoms with Gasteiger partial charge in [-0.2, -0.15) is 8.42 Å². The largest absolute Gasteiger partial charge is 0.292 e. The number of isocyanates is 1. The molecule has 4 nitrogen and oxygen atoms in total. The Balaban J connectivity index is 3.35. The molecule has 0 saturated heterocycles. The van der Waals surface area contributed by atoms with Crippen molar-refractivity contribution in [3.05, 3.63) is 28.8 Å². The second-order valence-electron chi connectivity index (χ2n) is 2.57. The van der Waals surface area contributed by atoms with Crippen LogP contribution in [-0.4, -0.2) is 14.5 Å². The van der Waals surface area contributed by atoms with Gasteiger partial charge in [-0.1, -0.05) is 22.1 Å². The molecule has 0 bridgehead atoms. The fraction of sp³-hybridized carbons (Fsp3) is 0.125. The third kappa shape index (κ3) is 2.20. The summed E-state index contributed by atoms with van der Waals surface area (Å²) in [5.41, 5.74) is 0.751. The van der Waals surface area contributed by atoms with Crippen LogP contribution in [0.4, 0.5) is 0 Å². The van der Waals surface area contributed by atoms with Crippen molar-refractivity contribution in [1.29, 1.82) is 0 Å². The Morgan fingerprint density at radius 2 is 2.07 bits per heavy atom. The zero-order chi connectivity index (χ0) is 10.8. The molecule has 0 unspecified atom stereocenters. The summed E-state index contributed by atoms with van der Waals surface area (Å²) in [6, 6.07) is 4.11. The Hall–Kier alpha value is -1.16. The van der Waals surface area contributed by atoms with Gasteiger partial charge in [0.2, 0.25) is 0 Å². The van der Waals surface area contributed by atoms with Crippen LogP contribution < -0.4 is 0 Å². The number of sulfonamides is 1. The first-order valence-electron chi connectivity index (χ1n) is 3.57. The Bertz CT molecular complexity index is 503. The maximum Gasteiger partial charge on any atom is 0.292 e. The van der Waals surface area contributed by atoms with Gasteiger partial charge in [0.05, 0.1) is 4.90 Å². The van der Waals surface area contributed by atoms with Gasteiger partial charge in [-0.3, -0.25) is 0 Å². The molecule has 1 rings (SSSR count). The van der Waals surface area contributed by atoms with Crippen LogP contribution in [0.25, 0.3) is 0 Å². The normalized spacial score (nSPS) is 10.7. The van der Waals surface area contributed by atoms with Crippen LogP contribution in [0.1, 0.15) is 5.56 Å². The zero-order valence-electron chi connectivity index (χ0n) is 7.19. The Kier molecular flexibility index (Phi) is 3.06. The van der Waals surface area contributed by atoms with Crippen LogP contribution in [0.2, 0.25) is 5.02 Å². The fourth-order valence-corrected chi connectivity index (χ4v) is 1.79. The van der Waals surface area contributed by atoms with Crippen LogP contribution in [0.15, 0.2) is 27.5 Å². The number of carbonyl (C=O) groups excluding carboxylic acids is 1. The standard InChI is InChI=1S/C8H6ClNO3S/c1-6-2-3-7(4-8(6)9)14(12,13)10-5-11/h2-4H,1H3. The number of hydrogen-bond donors (Lipinski definition) is 0. The van der Waals surface area contributed by atoms with Gasteiger partial charge < -0.3 is 0 Å². The van der Waals surface area contributed by atoms with Crippen molar-refractivity contribution < 1.29 is 13.2 Å². The van der Waals surface area contributed by atoms with Crippen molar-refractivity contribution in [3.63, 3.8) is 0 Å². The number of nitrogens with zero attached hydrogens (tertiary/aromatic N) is 1. The number of halogens is 1. The highest BCUT2D eigenvalue weighted by Crippen LogP contribution is 2.20. The Morgan fingerprint density at radius 3 is 2.57 bits per heavy atom. The van der Waals surface area contributed by atoms with Crippen molar-refractivity contribution in [2.45, 2.75) is 11.8 Å². The van der Waals surface area contributed by atoms with Crippen molar-refractivity contribution >= 4 is 27.7 Å². The summed E-state index contributed by atoms with van der Waals surface area (Å²) < 4.78 is 25.1. The predicted octanol–water partition coefficient (Wildman–Crippen LogP) is 1.67. The third-order valence-electron chi connectivity index (χ3n) is 1.60. The summed E-state index contributed by atoms with van der Waals surface area (Å²) in [6.07, 6.45) is 0.984. The zero-order valence-corrected chi connectivity index (χ0v) is 8.76. The van der Waals surface area contributed by atoms with Crippen LogP contribution in [0.3, 0.4) is 0 Å². The van der Waals surface area contributed by atoms with Gasteiger partial charge in [-0.25, -0.2) is 4.79 Å². The van der Waals surface area contributed by atoms with E-state index < -0.39 is 10.0 Å². The van der Waals surface area contributed by atoms with E-state index in [1.165, 1.54) is 18.2 Å². The average molecular weight is 232 g/mol. The molecule has 0 radical (unpaired) electrons. The van der Waals surface area contributed by atoms with Gasteiger partial charge in [-0.05, 0) is 24.6 Å². The molecule has 6 heteroatoms. The summed E-state index contributed by atoms with van der Waals surface area (Å²) in [6.45, 7) is 1.74. The first kappa shape index (κ1) is 10.9. The molecule has 74 valence electrons. The van der Waals surface area contributed by atoms with E-state index in [-0.39, 0.29) is 4.90 Å². The van der Waals surface area contributed by atoms with Gasteiger partial charge in [0, 0.05) is 5.02 Å². The highest BCUT2D eigenvalue weighted by molar-refractivity contribution is 7.90. The quantitative estimate of drug-likeness (QED) is 0.575. The molecule has 0 N–H and O–H groups in total. The first-order chi connectivity index (χ1) is 6.47. The van der Waals surface area contributed by atoms with E-state index in [1.54, 1.807) is 6.92 Å². The van der Waals surface area contributed by atoms with Crippen molar-refractivity contribution in [3.8, 4) is 0 Å². The molecule has 0 fully saturated rings. The average Bonchev–Trinajstić information content (AvgIpc) is 2.09.